The maximum Gasteiger partial charge on any atom is 0.378 e. The van der Waals surface area contributed by atoms with Crippen LogP contribution < -0.4 is 0 Å². The molecular weight excluding hydrogens is 136 g/mol. The summed E-state index contributed by atoms with van der Waals surface area (Å²) in [5.41, 5.74) is -2.01. The van der Waals surface area contributed by atoms with Gasteiger partial charge in [-0.1, -0.05) is 11.6 Å². The van der Waals surface area contributed by atoms with E-state index in [0.717, 1.165) is 4.58 Å². The van der Waals surface area contributed by atoms with Crippen molar-refractivity contribution in [3.63, 3.8) is 0 Å². The SMILES string of the molecule is C[N+](C)=C(F)C(F)Cl. The molecule has 0 aliphatic carbocycles. The fourth-order valence-electron chi connectivity index (χ4n) is 0.195. The van der Waals surface area contributed by atoms with E-state index in [9.17, 15) is 8.78 Å². The molecule has 0 fully saturated rings. The zero-order chi connectivity index (χ0) is 6.73. The third-order valence-electron chi connectivity index (χ3n) is 0.607. The molecule has 0 heterocycles. The van der Waals surface area contributed by atoms with Gasteiger partial charge in [-0.3, -0.25) is 0 Å². The number of nitrogens with zero attached hydrogens (tertiary/aromatic N) is 1. The summed E-state index contributed by atoms with van der Waals surface area (Å²) in [5, 5.41) is 0. The van der Waals surface area contributed by atoms with Crippen molar-refractivity contribution in [2.45, 2.75) is 5.63 Å². The summed E-state index contributed by atoms with van der Waals surface area (Å²) in [6.45, 7) is 0. The summed E-state index contributed by atoms with van der Waals surface area (Å²) in [5.74, 6) is -0.966. The molecule has 0 aromatic rings. The third-order valence-corrected chi connectivity index (χ3v) is 0.787. The summed E-state index contributed by atoms with van der Waals surface area (Å²) < 4.78 is 24.6. The number of alkyl halides is 2. The lowest BCUT2D eigenvalue weighted by atomic mass is 10.7. The highest BCUT2D eigenvalue weighted by atomic mass is 35.5. The van der Waals surface area contributed by atoms with Crippen LogP contribution in [-0.2, 0) is 0 Å². The van der Waals surface area contributed by atoms with Gasteiger partial charge in [-0.25, -0.2) is 8.97 Å². The van der Waals surface area contributed by atoms with E-state index in [-0.39, 0.29) is 0 Å². The summed E-state index contributed by atoms with van der Waals surface area (Å²) in [6, 6.07) is 0. The van der Waals surface area contributed by atoms with E-state index in [1.807, 2.05) is 0 Å². The van der Waals surface area contributed by atoms with Gasteiger partial charge in [0.25, 0.3) is 5.63 Å². The second-order valence-corrected chi connectivity index (χ2v) is 1.90. The van der Waals surface area contributed by atoms with Crippen LogP contribution in [0.15, 0.2) is 0 Å². The van der Waals surface area contributed by atoms with Crippen molar-refractivity contribution >= 4 is 17.6 Å². The van der Waals surface area contributed by atoms with Crippen molar-refractivity contribution < 1.29 is 13.4 Å². The van der Waals surface area contributed by atoms with Gasteiger partial charge < -0.3 is 0 Å². The van der Waals surface area contributed by atoms with Crippen LogP contribution in [0, 0.1) is 0 Å². The second-order valence-electron chi connectivity index (χ2n) is 1.52. The molecule has 0 saturated heterocycles. The average molecular weight is 143 g/mol. The van der Waals surface area contributed by atoms with Crippen LogP contribution in [0.3, 0.4) is 0 Å². The van der Waals surface area contributed by atoms with Gasteiger partial charge in [-0.2, -0.15) is 0 Å². The molecule has 0 N–H and O–H groups in total. The van der Waals surface area contributed by atoms with E-state index >= 15 is 0 Å². The fraction of sp³-hybridized carbons (Fsp3) is 0.750. The molecule has 0 radical (unpaired) electrons. The molecule has 0 rings (SSSR count). The molecule has 8 heavy (non-hydrogen) atoms. The standard InChI is InChI=1S/C4H7ClF2N/c1-8(2)4(7)3(5)6/h3H,1-2H3/q+1. The van der Waals surface area contributed by atoms with Gasteiger partial charge in [-0.05, 0) is 0 Å². The topological polar surface area (TPSA) is 3.01 Å². The molecule has 0 spiro atoms. The zero-order valence-corrected chi connectivity index (χ0v) is 5.41. The highest BCUT2D eigenvalue weighted by Gasteiger charge is 2.17. The third kappa shape index (κ3) is 2.21. The molecule has 0 aromatic heterocycles. The highest BCUT2D eigenvalue weighted by molar-refractivity contribution is 6.28. The van der Waals surface area contributed by atoms with Crippen molar-refractivity contribution in [1.29, 1.82) is 0 Å². The van der Waals surface area contributed by atoms with E-state index in [1.165, 1.54) is 14.1 Å². The molecule has 48 valence electrons. The molecule has 0 aromatic carbocycles. The van der Waals surface area contributed by atoms with Crippen molar-refractivity contribution in [3.8, 4) is 0 Å². The normalized spacial score (nSPS) is 13.1. The number of rotatable bonds is 1. The van der Waals surface area contributed by atoms with Gasteiger partial charge in [0.1, 0.15) is 14.1 Å². The van der Waals surface area contributed by atoms with Gasteiger partial charge in [0.2, 0.25) is 0 Å². The quantitative estimate of drug-likeness (QED) is 0.294. The van der Waals surface area contributed by atoms with E-state index < -0.39 is 11.6 Å². The Labute approximate surface area is 51.6 Å². The predicted molar refractivity (Wildman–Crippen MR) is 29.0 cm³/mol. The second kappa shape index (κ2) is 2.97. The molecule has 0 bridgehead atoms. The molecule has 0 amide bonds. The van der Waals surface area contributed by atoms with Gasteiger partial charge >= 0.3 is 5.97 Å². The minimum absolute atomic E-state index is 0.966. The molecular formula is C4H7ClF2N+. The van der Waals surface area contributed by atoms with Gasteiger partial charge in [0.15, 0.2) is 0 Å². The molecule has 0 aliphatic rings. The monoisotopic (exact) mass is 142 g/mol. The maximum atomic E-state index is 12.0. The Bertz CT molecular complexity index is 107. The molecule has 1 nitrogen and oxygen atoms in total. The largest absolute Gasteiger partial charge is 0.378 e. The van der Waals surface area contributed by atoms with Crippen molar-refractivity contribution in [2.24, 2.45) is 0 Å². The first-order chi connectivity index (χ1) is 3.55. The lowest BCUT2D eigenvalue weighted by Crippen LogP contribution is -2.14. The Morgan fingerprint density at radius 2 is 2.00 bits per heavy atom. The molecule has 0 aliphatic heterocycles. The summed E-state index contributed by atoms with van der Waals surface area (Å²) in [7, 11) is 2.76. The molecule has 1 atom stereocenters. The van der Waals surface area contributed by atoms with Crippen LogP contribution in [0.1, 0.15) is 0 Å². The number of hydrogen-bond acceptors (Lipinski definition) is 0. The van der Waals surface area contributed by atoms with Crippen molar-refractivity contribution in [1.82, 2.24) is 0 Å². The van der Waals surface area contributed by atoms with Gasteiger partial charge in [0, 0.05) is 0 Å². The number of hydrogen-bond donors (Lipinski definition) is 0. The summed E-state index contributed by atoms with van der Waals surface area (Å²) >= 11 is 4.70. The predicted octanol–water partition coefficient (Wildman–Crippen LogP) is 1.16. The first kappa shape index (κ1) is 7.82. The Morgan fingerprint density at radius 1 is 1.62 bits per heavy atom. The van der Waals surface area contributed by atoms with Crippen LogP contribution in [-0.4, -0.2) is 30.3 Å². The van der Waals surface area contributed by atoms with Crippen molar-refractivity contribution in [2.75, 3.05) is 14.1 Å². The summed E-state index contributed by atoms with van der Waals surface area (Å²) in [6.07, 6.45) is 0. The molecule has 4 heteroatoms. The van der Waals surface area contributed by atoms with Crippen LogP contribution >= 0.6 is 11.6 Å². The Kier molecular flexibility index (Phi) is 2.90. The van der Waals surface area contributed by atoms with E-state index in [2.05, 4.69) is 0 Å². The molecule has 0 saturated carbocycles. The van der Waals surface area contributed by atoms with Crippen LogP contribution in [0.5, 0.6) is 0 Å². The van der Waals surface area contributed by atoms with Gasteiger partial charge in [0.05, 0.1) is 0 Å². The smallest absolute Gasteiger partial charge is 0.215 e. The van der Waals surface area contributed by atoms with Crippen molar-refractivity contribution in [3.05, 3.63) is 0 Å². The van der Waals surface area contributed by atoms with E-state index in [4.69, 9.17) is 11.6 Å². The maximum absolute atomic E-state index is 12.0. The Morgan fingerprint density at radius 3 is 2.00 bits per heavy atom. The lowest BCUT2D eigenvalue weighted by Gasteiger charge is -1.89. The summed E-state index contributed by atoms with van der Waals surface area (Å²) in [4.78, 5) is 0. The Balaban J connectivity index is 4.00. The molecule has 1 unspecified atom stereocenters. The van der Waals surface area contributed by atoms with E-state index in [1.54, 1.807) is 0 Å². The van der Waals surface area contributed by atoms with Crippen LogP contribution in [0.25, 0.3) is 0 Å². The van der Waals surface area contributed by atoms with Gasteiger partial charge in [-0.15, -0.1) is 4.39 Å². The number of halogens is 3. The first-order valence-corrected chi connectivity index (χ1v) is 2.47. The fourth-order valence-corrected chi connectivity index (χ4v) is 0.390. The zero-order valence-electron chi connectivity index (χ0n) is 4.66. The lowest BCUT2D eigenvalue weighted by molar-refractivity contribution is -0.472. The van der Waals surface area contributed by atoms with Crippen LogP contribution in [0.2, 0.25) is 0 Å². The highest BCUT2D eigenvalue weighted by Crippen LogP contribution is 1.99. The average Bonchev–Trinajstić information content (AvgIpc) is 1.64. The first-order valence-electron chi connectivity index (χ1n) is 2.03. The van der Waals surface area contributed by atoms with E-state index in [0.29, 0.717) is 0 Å². The van der Waals surface area contributed by atoms with Crippen LogP contribution in [0.4, 0.5) is 8.78 Å². The Hall–Kier alpha value is -0.180. The minimum atomic E-state index is -2.01. The minimum Gasteiger partial charge on any atom is -0.215 e.